The van der Waals surface area contributed by atoms with Gasteiger partial charge in [-0.3, -0.25) is 4.79 Å². The summed E-state index contributed by atoms with van der Waals surface area (Å²) in [6.45, 7) is 21.1. The lowest BCUT2D eigenvalue weighted by Gasteiger charge is -2.33. The third-order valence-corrected chi connectivity index (χ3v) is 6.00. The topological polar surface area (TPSA) is 105 Å². The first kappa shape index (κ1) is 31.5. The lowest BCUT2D eigenvalue weighted by molar-refractivity contribution is -0.139. The van der Waals surface area contributed by atoms with E-state index in [4.69, 9.17) is 16.0 Å². The number of allylic oxidation sites excluding steroid dienone is 6. The van der Waals surface area contributed by atoms with Crippen LogP contribution in [0.3, 0.4) is 0 Å². The zero-order valence-electron chi connectivity index (χ0n) is 22.3. The fraction of sp³-hybridized carbons (Fsp3) is 0.586. The summed E-state index contributed by atoms with van der Waals surface area (Å²) in [4.78, 5) is 27.9. The molecular weight excluding hydrogens is 468 g/mol. The average Bonchev–Trinajstić information content (AvgIpc) is 2.76. The number of ether oxygens (including phenoxy) is 2. The maximum Gasteiger partial charge on any atom is 0.349 e. The molecule has 2 aliphatic carbocycles. The van der Waals surface area contributed by atoms with E-state index >= 15 is 0 Å². The number of nitrogens with one attached hydrogen (secondary N) is 2. The van der Waals surface area contributed by atoms with Crippen molar-refractivity contribution in [3.8, 4) is 6.07 Å². The highest BCUT2D eigenvalue weighted by molar-refractivity contribution is 5.94. The van der Waals surface area contributed by atoms with Crippen LogP contribution < -0.4 is 10.6 Å². The molecule has 0 saturated heterocycles. The molecule has 0 amide bonds. The van der Waals surface area contributed by atoms with Crippen LogP contribution in [-0.2, 0) is 19.1 Å². The van der Waals surface area contributed by atoms with Crippen molar-refractivity contribution in [2.75, 3.05) is 26.3 Å². The molecule has 0 radical (unpaired) electrons. The van der Waals surface area contributed by atoms with E-state index < -0.39 is 11.9 Å². The maximum atomic E-state index is 12.2. The molecule has 2 aliphatic rings. The minimum absolute atomic E-state index is 0. The molecule has 202 valence electrons. The van der Waals surface area contributed by atoms with Gasteiger partial charge in [-0.1, -0.05) is 41.2 Å². The Bertz CT molecular complexity index is 992. The third kappa shape index (κ3) is 9.13. The molecule has 8 heteroatoms. The van der Waals surface area contributed by atoms with Crippen LogP contribution in [0.25, 0.3) is 4.85 Å². The molecule has 0 bridgehead atoms. The summed E-state index contributed by atoms with van der Waals surface area (Å²) < 4.78 is 10.1. The summed E-state index contributed by atoms with van der Waals surface area (Å²) in [5.41, 5.74) is 3.24. The second kappa shape index (κ2) is 13.7. The molecule has 0 aromatic heterocycles. The highest BCUT2D eigenvalue weighted by Gasteiger charge is 2.30. The van der Waals surface area contributed by atoms with E-state index in [9.17, 15) is 14.9 Å². The van der Waals surface area contributed by atoms with E-state index in [-0.39, 0.29) is 42.7 Å². The Morgan fingerprint density at radius 3 is 1.84 bits per heavy atom. The zero-order chi connectivity index (χ0) is 26.9. The van der Waals surface area contributed by atoms with Gasteiger partial charge in [0.05, 0.1) is 19.8 Å². The first-order chi connectivity index (χ1) is 16.9. The largest absolute Gasteiger partial charge is 0.471 e. The number of carbonyl (C=O) groups excluding carboxylic acids is 2. The molecule has 0 aromatic carbocycles. The van der Waals surface area contributed by atoms with Crippen LogP contribution in [0.1, 0.15) is 74.7 Å². The Labute approximate surface area is 222 Å². The second-order valence-electron chi connectivity index (χ2n) is 10.7. The van der Waals surface area contributed by atoms with E-state index in [1.165, 1.54) is 0 Å². The lowest BCUT2D eigenvalue weighted by atomic mass is 9.76. The summed E-state index contributed by atoms with van der Waals surface area (Å²) in [6.07, 6.45) is 6.65. The predicted molar refractivity (Wildman–Crippen MR) is 144 cm³/mol. The Balaban J connectivity index is 0.00000684. The third-order valence-electron chi connectivity index (χ3n) is 6.00. The molecule has 2 N–H and O–H groups in total. The minimum atomic E-state index is -0.581. The number of nitrogens with zero attached hydrogens (tertiary/aromatic N) is 2. The van der Waals surface area contributed by atoms with Gasteiger partial charge in [-0.25, -0.2) is 9.64 Å². The van der Waals surface area contributed by atoms with Crippen molar-refractivity contribution in [3.05, 3.63) is 57.4 Å². The monoisotopic (exact) mass is 510 g/mol. The summed E-state index contributed by atoms with van der Waals surface area (Å²) in [6, 6.07) is 2.02. The van der Waals surface area contributed by atoms with Gasteiger partial charge in [-0.2, -0.15) is 5.26 Å². The first-order valence-electron chi connectivity index (χ1n) is 12.4. The van der Waals surface area contributed by atoms with Gasteiger partial charge in [0.15, 0.2) is 0 Å². The van der Waals surface area contributed by atoms with Crippen LogP contribution in [0, 0.1) is 28.7 Å². The molecule has 0 unspecified atom stereocenters. The zero-order valence-corrected chi connectivity index (χ0v) is 22.3. The molecule has 0 heterocycles. The van der Waals surface area contributed by atoms with Crippen molar-refractivity contribution in [2.24, 2.45) is 10.8 Å². The smallest absolute Gasteiger partial charge is 0.349 e. The molecule has 2 rings (SSSR count). The standard InChI is InChI=1S/C28H38N4O4.CH4/c1-8-35-25(33)23(18-29)19-12-21(16-27(3,4)14-19)31-10-11-32-22-13-20(15-28(5,6)17-22)24(30-7)26(34)36-9-2;/h12-13,31-32H,8-11,14-17H2,1-6H3;1H4/b23-19+,24-20-;. The lowest BCUT2D eigenvalue weighted by Crippen LogP contribution is -2.32. The van der Waals surface area contributed by atoms with E-state index in [0.29, 0.717) is 37.1 Å². The van der Waals surface area contributed by atoms with Crippen molar-refractivity contribution in [1.82, 2.24) is 10.6 Å². The van der Waals surface area contributed by atoms with Crippen LogP contribution in [0.5, 0.6) is 0 Å². The predicted octanol–water partition coefficient (Wildman–Crippen LogP) is 5.33. The van der Waals surface area contributed by atoms with Gasteiger partial charge in [-0.05, 0) is 67.6 Å². The van der Waals surface area contributed by atoms with Crippen molar-refractivity contribution in [1.29, 1.82) is 5.26 Å². The van der Waals surface area contributed by atoms with Gasteiger partial charge >= 0.3 is 11.9 Å². The molecule has 0 spiro atoms. The van der Waals surface area contributed by atoms with Gasteiger partial charge in [0.1, 0.15) is 11.6 Å². The normalized spacial score (nSPS) is 20.4. The van der Waals surface area contributed by atoms with Crippen LogP contribution >= 0.6 is 0 Å². The van der Waals surface area contributed by atoms with Gasteiger partial charge < -0.3 is 20.1 Å². The van der Waals surface area contributed by atoms with Gasteiger partial charge in [0.25, 0.3) is 5.70 Å². The molecule has 0 fully saturated rings. The van der Waals surface area contributed by atoms with E-state index in [1.54, 1.807) is 13.8 Å². The Morgan fingerprint density at radius 1 is 0.919 bits per heavy atom. The van der Waals surface area contributed by atoms with Crippen LogP contribution in [0.4, 0.5) is 0 Å². The maximum absolute atomic E-state index is 12.2. The Hall–Kier alpha value is -3.52. The molecule has 37 heavy (non-hydrogen) atoms. The molecule has 0 saturated carbocycles. The van der Waals surface area contributed by atoms with Gasteiger partial charge in [0.2, 0.25) is 0 Å². The minimum Gasteiger partial charge on any atom is -0.471 e. The summed E-state index contributed by atoms with van der Waals surface area (Å²) >= 11 is 0. The van der Waals surface area contributed by atoms with Gasteiger partial charge in [0, 0.05) is 24.5 Å². The number of carbonyl (C=O) groups is 2. The van der Waals surface area contributed by atoms with Crippen molar-refractivity contribution >= 4 is 11.9 Å². The molecule has 0 aromatic rings. The van der Waals surface area contributed by atoms with Crippen molar-refractivity contribution in [3.63, 3.8) is 0 Å². The van der Waals surface area contributed by atoms with Crippen molar-refractivity contribution < 1.29 is 19.1 Å². The number of nitriles is 1. The highest BCUT2D eigenvalue weighted by atomic mass is 16.5. The van der Waals surface area contributed by atoms with Crippen LogP contribution in [0.2, 0.25) is 0 Å². The van der Waals surface area contributed by atoms with Crippen molar-refractivity contribution in [2.45, 2.75) is 74.7 Å². The van der Waals surface area contributed by atoms with Gasteiger partial charge in [-0.15, -0.1) is 0 Å². The summed E-state index contributed by atoms with van der Waals surface area (Å²) in [7, 11) is 0. The van der Waals surface area contributed by atoms with E-state index in [0.717, 1.165) is 24.2 Å². The summed E-state index contributed by atoms with van der Waals surface area (Å²) in [5.74, 6) is -1.16. The van der Waals surface area contributed by atoms with E-state index in [2.05, 4.69) is 43.2 Å². The first-order valence-corrected chi connectivity index (χ1v) is 12.4. The molecule has 0 atom stereocenters. The molecule has 8 nitrogen and oxygen atoms in total. The fourth-order valence-electron chi connectivity index (χ4n) is 4.70. The number of rotatable bonds is 9. The SMILES string of the molecule is C.[C-]#[N+]/C(C(=O)OCC)=C1/C=C(NCCNC2=C/C(=C(/C#N)C(=O)OCC)CC(C)(C)C2)CC(C)(C)C1. The number of esters is 2. The Morgan fingerprint density at radius 2 is 1.38 bits per heavy atom. The van der Waals surface area contributed by atoms with Crippen LogP contribution in [0.15, 0.2) is 46.0 Å². The van der Waals surface area contributed by atoms with Crippen LogP contribution in [-0.4, -0.2) is 38.2 Å². The quantitative estimate of drug-likeness (QED) is 0.142. The average molecular weight is 511 g/mol. The summed E-state index contributed by atoms with van der Waals surface area (Å²) in [5, 5.41) is 16.4. The highest BCUT2D eigenvalue weighted by Crippen LogP contribution is 2.39. The second-order valence-corrected chi connectivity index (χ2v) is 10.7. The number of hydrogen-bond donors (Lipinski definition) is 2. The molecular formula is C29H42N4O4. The van der Waals surface area contributed by atoms with E-state index in [1.807, 2.05) is 18.2 Å². The molecule has 0 aliphatic heterocycles. The fourth-order valence-corrected chi connectivity index (χ4v) is 4.70. The Kier molecular flexibility index (Phi) is 11.7. The number of hydrogen-bond acceptors (Lipinski definition) is 7.